The molecule has 3 aromatic rings. The molecule has 0 bridgehead atoms. The summed E-state index contributed by atoms with van der Waals surface area (Å²) in [5.41, 5.74) is 2.48. The van der Waals surface area contributed by atoms with Crippen LogP contribution in [0.15, 0.2) is 46.9 Å². The lowest BCUT2D eigenvalue weighted by Gasteiger charge is -2.24. The van der Waals surface area contributed by atoms with Gasteiger partial charge in [0, 0.05) is 0 Å². The third-order valence-electron chi connectivity index (χ3n) is 4.30. The maximum Gasteiger partial charge on any atom is 0.227 e. The molecule has 1 aromatic heterocycles. The largest absolute Gasteiger partial charge is 0.497 e. The zero-order valence-corrected chi connectivity index (χ0v) is 13.8. The lowest BCUT2D eigenvalue weighted by atomic mass is 9.96. The van der Waals surface area contributed by atoms with Gasteiger partial charge in [0.25, 0.3) is 0 Å². The first-order valence-corrected chi connectivity index (χ1v) is 8.15. The van der Waals surface area contributed by atoms with Gasteiger partial charge in [0.05, 0.1) is 19.6 Å². The van der Waals surface area contributed by atoms with Gasteiger partial charge in [-0.1, -0.05) is 12.1 Å². The van der Waals surface area contributed by atoms with E-state index in [-0.39, 0.29) is 18.4 Å². The van der Waals surface area contributed by atoms with Crippen molar-refractivity contribution in [1.82, 2.24) is 10.3 Å². The van der Waals surface area contributed by atoms with Gasteiger partial charge in [-0.25, -0.2) is 4.98 Å². The van der Waals surface area contributed by atoms with Crippen molar-refractivity contribution in [2.45, 2.75) is 13.0 Å². The second-order valence-corrected chi connectivity index (χ2v) is 5.98. The standard InChI is InChI=1S/C19H18N2O4/c1-23-14-6-7-16-12(9-14)8-13(11-24-16)19(22)20-10-18-21-15-4-2-3-5-17(15)25-18/h2-7,9,13H,8,10-11H2,1H3,(H,20,22). The van der Waals surface area contributed by atoms with Crippen molar-refractivity contribution in [3.63, 3.8) is 0 Å². The van der Waals surface area contributed by atoms with Crippen LogP contribution in [-0.4, -0.2) is 24.6 Å². The van der Waals surface area contributed by atoms with E-state index < -0.39 is 0 Å². The number of aromatic nitrogens is 1. The van der Waals surface area contributed by atoms with Crippen LogP contribution in [0.2, 0.25) is 0 Å². The normalized spacial score (nSPS) is 16.1. The van der Waals surface area contributed by atoms with Gasteiger partial charge in [-0.15, -0.1) is 0 Å². The van der Waals surface area contributed by atoms with E-state index in [0.717, 1.165) is 22.6 Å². The van der Waals surface area contributed by atoms with E-state index in [1.54, 1.807) is 7.11 Å². The monoisotopic (exact) mass is 338 g/mol. The van der Waals surface area contributed by atoms with E-state index in [9.17, 15) is 4.79 Å². The summed E-state index contributed by atoms with van der Waals surface area (Å²) in [6, 6.07) is 13.2. The number of carbonyl (C=O) groups is 1. The minimum Gasteiger partial charge on any atom is -0.497 e. The van der Waals surface area contributed by atoms with Crippen LogP contribution in [0, 0.1) is 5.92 Å². The molecule has 1 aliphatic heterocycles. The Hall–Kier alpha value is -3.02. The molecule has 1 N–H and O–H groups in total. The summed E-state index contributed by atoms with van der Waals surface area (Å²) in [6.07, 6.45) is 0.617. The van der Waals surface area contributed by atoms with Crippen LogP contribution < -0.4 is 14.8 Å². The third-order valence-corrected chi connectivity index (χ3v) is 4.30. The molecule has 1 amide bonds. The molecule has 6 nitrogen and oxygen atoms in total. The highest BCUT2D eigenvalue weighted by Crippen LogP contribution is 2.30. The van der Waals surface area contributed by atoms with E-state index in [2.05, 4.69) is 10.3 Å². The van der Waals surface area contributed by atoms with Gasteiger partial charge in [-0.2, -0.15) is 0 Å². The molecule has 2 aromatic carbocycles. The molecule has 128 valence electrons. The van der Waals surface area contributed by atoms with Crippen LogP contribution in [0.25, 0.3) is 11.1 Å². The van der Waals surface area contributed by atoms with Crippen LogP contribution in [-0.2, 0) is 17.8 Å². The Kier molecular flexibility index (Phi) is 4.01. The second kappa shape index (κ2) is 6.47. The number of methoxy groups -OCH3 is 1. The molecular formula is C19H18N2O4. The number of para-hydroxylation sites is 2. The van der Waals surface area contributed by atoms with Gasteiger partial charge >= 0.3 is 0 Å². The molecule has 0 saturated heterocycles. The Morgan fingerprint density at radius 3 is 3.04 bits per heavy atom. The van der Waals surface area contributed by atoms with Gasteiger partial charge < -0.3 is 19.2 Å². The fourth-order valence-corrected chi connectivity index (χ4v) is 2.97. The van der Waals surface area contributed by atoms with E-state index in [1.807, 2.05) is 42.5 Å². The minimum atomic E-state index is -0.246. The number of nitrogens with one attached hydrogen (secondary N) is 1. The zero-order valence-electron chi connectivity index (χ0n) is 13.8. The number of nitrogens with zero attached hydrogens (tertiary/aromatic N) is 1. The number of carbonyl (C=O) groups excluding carboxylic acids is 1. The summed E-state index contributed by atoms with van der Waals surface area (Å²) in [5, 5.41) is 2.88. The first-order chi connectivity index (χ1) is 12.2. The maximum atomic E-state index is 12.5. The molecule has 2 heterocycles. The fourth-order valence-electron chi connectivity index (χ4n) is 2.97. The van der Waals surface area contributed by atoms with E-state index >= 15 is 0 Å². The van der Waals surface area contributed by atoms with Crippen molar-refractivity contribution < 1.29 is 18.7 Å². The number of hydrogen-bond donors (Lipinski definition) is 1. The van der Waals surface area contributed by atoms with Crippen molar-refractivity contribution in [3.05, 3.63) is 53.9 Å². The van der Waals surface area contributed by atoms with Crippen molar-refractivity contribution in [2.24, 2.45) is 5.92 Å². The lowest BCUT2D eigenvalue weighted by molar-refractivity contribution is -0.126. The van der Waals surface area contributed by atoms with Gasteiger partial charge in [0.1, 0.15) is 23.6 Å². The van der Waals surface area contributed by atoms with Crippen LogP contribution >= 0.6 is 0 Å². The van der Waals surface area contributed by atoms with E-state index in [4.69, 9.17) is 13.9 Å². The summed E-state index contributed by atoms with van der Waals surface area (Å²) in [6.45, 7) is 0.619. The van der Waals surface area contributed by atoms with E-state index in [0.29, 0.717) is 24.5 Å². The number of fused-ring (bicyclic) bond motifs is 2. The fraction of sp³-hybridized carbons (Fsp3) is 0.263. The summed E-state index contributed by atoms with van der Waals surface area (Å²) < 4.78 is 16.6. The SMILES string of the molecule is COc1ccc2c(c1)CC(C(=O)NCc1nc3ccccc3o1)CO2. The smallest absolute Gasteiger partial charge is 0.227 e. The molecule has 1 atom stereocenters. The predicted octanol–water partition coefficient (Wildman–Crippen LogP) is 2.70. The molecule has 0 fully saturated rings. The van der Waals surface area contributed by atoms with Crippen LogP contribution in [0.1, 0.15) is 11.5 Å². The molecule has 0 aliphatic carbocycles. The van der Waals surface area contributed by atoms with Crippen molar-refractivity contribution in [3.8, 4) is 11.5 Å². The summed E-state index contributed by atoms with van der Waals surface area (Å²) in [4.78, 5) is 16.8. The first-order valence-electron chi connectivity index (χ1n) is 8.15. The number of benzene rings is 2. The molecule has 6 heteroatoms. The zero-order chi connectivity index (χ0) is 17.2. The molecule has 1 unspecified atom stereocenters. The number of oxazole rings is 1. The molecule has 1 aliphatic rings. The Morgan fingerprint density at radius 2 is 2.20 bits per heavy atom. The van der Waals surface area contributed by atoms with Gasteiger partial charge in [-0.3, -0.25) is 4.79 Å². The number of amides is 1. The average molecular weight is 338 g/mol. The molecule has 4 rings (SSSR count). The van der Waals surface area contributed by atoms with Crippen LogP contribution in [0.4, 0.5) is 0 Å². The Labute approximate surface area is 144 Å². The predicted molar refractivity (Wildman–Crippen MR) is 91.5 cm³/mol. The number of ether oxygens (including phenoxy) is 2. The van der Waals surface area contributed by atoms with E-state index in [1.165, 1.54) is 0 Å². The molecular weight excluding hydrogens is 320 g/mol. The highest BCUT2D eigenvalue weighted by molar-refractivity contribution is 5.79. The quantitative estimate of drug-likeness (QED) is 0.792. The topological polar surface area (TPSA) is 73.6 Å². The number of hydrogen-bond acceptors (Lipinski definition) is 5. The van der Waals surface area contributed by atoms with Gasteiger partial charge in [-0.05, 0) is 42.3 Å². The second-order valence-electron chi connectivity index (χ2n) is 5.98. The highest BCUT2D eigenvalue weighted by Gasteiger charge is 2.26. The Morgan fingerprint density at radius 1 is 1.32 bits per heavy atom. The number of rotatable bonds is 4. The highest BCUT2D eigenvalue weighted by atomic mass is 16.5. The van der Waals surface area contributed by atoms with Gasteiger partial charge in [0.2, 0.25) is 11.8 Å². The average Bonchev–Trinajstić information content (AvgIpc) is 3.08. The van der Waals surface area contributed by atoms with Crippen molar-refractivity contribution in [1.29, 1.82) is 0 Å². The van der Waals surface area contributed by atoms with Crippen molar-refractivity contribution >= 4 is 17.0 Å². The molecule has 0 spiro atoms. The third kappa shape index (κ3) is 3.15. The molecule has 25 heavy (non-hydrogen) atoms. The van der Waals surface area contributed by atoms with Gasteiger partial charge in [0.15, 0.2) is 5.58 Å². The Balaban J connectivity index is 1.41. The van der Waals surface area contributed by atoms with Crippen molar-refractivity contribution in [2.75, 3.05) is 13.7 Å². The summed E-state index contributed by atoms with van der Waals surface area (Å²) >= 11 is 0. The summed E-state index contributed by atoms with van der Waals surface area (Å²) in [7, 11) is 1.62. The lowest BCUT2D eigenvalue weighted by Crippen LogP contribution is -2.37. The first kappa shape index (κ1) is 15.5. The maximum absolute atomic E-state index is 12.5. The molecule has 0 saturated carbocycles. The van der Waals surface area contributed by atoms with Crippen LogP contribution in [0.5, 0.6) is 11.5 Å². The minimum absolute atomic E-state index is 0.0734. The van der Waals surface area contributed by atoms with Crippen LogP contribution in [0.3, 0.4) is 0 Å². The molecule has 0 radical (unpaired) electrons. The Bertz CT molecular complexity index is 886. The summed E-state index contributed by atoms with van der Waals surface area (Å²) in [5.74, 6) is 1.74.